The Kier molecular flexibility index (Phi) is 9.84. The first-order chi connectivity index (χ1) is 17.5. The van der Waals surface area contributed by atoms with E-state index in [0.29, 0.717) is 12.6 Å². The third kappa shape index (κ3) is 7.45. The topological polar surface area (TPSA) is 65.5 Å². The number of hydrogen-bond donors (Lipinski definition) is 0. The summed E-state index contributed by atoms with van der Waals surface area (Å²) in [6, 6.07) is 19.3. The van der Waals surface area contributed by atoms with Crippen LogP contribution in [-0.2, 0) is 13.1 Å². The van der Waals surface area contributed by atoms with E-state index in [9.17, 15) is 9.90 Å². The summed E-state index contributed by atoms with van der Waals surface area (Å²) in [5, 5.41) is 16.2. The van der Waals surface area contributed by atoms with Gasteiger partial charge in [0.2, 0.25) is 0 Å². The van der Waals surface area contributed by atoms with Crippen molar-refractivity contribution >= 4 is 33.8 Å². The largest absolute Gasteiger partial charge is 1.00 e. The summed E-state index contributed by atoms with van der Waals surface area (Å²) in [7, 11) is 0. The van der Waals surface area contributed by atoms with Crippen LogP contribution in [0.15, 0.2) is 71.4 Å². The molecule has 2 heterocycles. The van der Waals surface area contributed by atoms with Gasteiger partial charge in [-0.3, -0.25) is 0 Å². The predicted octanol–water partition coefficient (Wildman–Crippen LogP) is 3.40. The molecule has 0 aliphatic heterocycles. The van der Waals surface area contributed by atoms with Crippen molar-refractivity contribution in [3.8, 4) is 17.0 Å². The molecular formula is C29H29N2NaO3S2. The molecule has 1 fully saturated rings. The first-order valence-corrected chi connectivity index (χ1v) is 14.1. The van der Waals surface area contributed by atoms with Crippen LogP contribution in [0.5, 0.6) is 5.75 Å². The number of carboxylic acids is 1. The van der Waals surface area contributed by atoms with Crippen molar-refractivity contribution < 1.29 is 44.2 Å². The maximum Gasteiger partial charge on any atom is 1.00 e. The van der Waals surface area contributed by atoms with E-state index in [0.717, 1.165) is 53.0 Å². The average Bonchev–Trinajstić information content (AvgIpc) is 3.59. The molecule has 5 nitrogen and oxygen atoms in total. The van der Waals surface area contributed by atoms with Gasteiger partial charge in [0.05, 0.1) is 24.3 Å². The van der Waals surface area contributed by atoms with Gasteiger partial charge in [0.1, 0.15) is 5.75 Å². The smallest absolute Gasteiger partial charge is 0.545 e. The van der Waals surface area contributed by atoms with Crippen LogP contribution in [0.2, 0.25) is 0 Å². The molecule has 186 valence electrons. The minimum atomic E-state index is -1.16. The van der Waals surface area contributed by atoms with Gasteiger partial charge in [0.25, 0.3) is 0 Å². The van der Waals surface area contributed by atoms with Crippen LogP contribution in [0.4, 0.5) is 5.13 Å². The monoisotopic (exact) mass is 540 g/mol. The average molecular weight is 541 g/mol. The number of benzene rings is 2. The summed E-state index contributed by atoms with van der Waals surface area (Å²) >= 11 is 3.34. The SMILES string of the molecule is C[C@H]1CC[C@H](Oc2ccc(-c3csc(N(Cc4ccc(C(=O)[O-])cc4)Cc4cccs4)n3)cc2)CC1.[Na+]. The number of aromatic carboxylic acids is 1. The number of carbonyl (C=O) groups excluding carboxylic acids is 1. The van der Waals surface area contributed by atoms with Crippen molar-refractivity contribution in [2.75, 3.05) is 4.90 Å². The first kappa shape index (κ1) is 27.9. The van der Waals surface area contributed by atoms with Crippen molar-refractivity contribution in [3.63, 3.8) is 0 Å². The van der Waals surface area contributed by atoms with E-state index in [4.69, 9.17) is 9.72 Å². The number of nitrogens with zero attached hydrogens (tertiary/aromatic N) is 2. The van der Waals surface area contributed by atoms with Crippen LogP contribution in [0.3, 0.4) is 0 Å². The molecule has 0 amide bonds. The van der Waals surface area contributed by atoms with Crippen molar-refractivity contribution in [1.82, 2.24) is 4.98 Å². The van der Waals surface area contributed by atoms with Gasteiger partial charge < -0.3 is 19.5 Å². The van der Waals surface area contributed by atoms with E-state index >= 15 is 0 Å². The van der Waals surface area contributed by atoms with Gasteiger partial charge in [-0.25, -0.2) is 4.98 Å². The maximum atomic E-state index is 11.1. The molecule has 5 rings (SSSR count). The third-order valence-electron chi connectivity index (χ3n) is 6.67. The summed E-state index contributed by atoms with van der Waals surface area (Å²) in [6.07, 6.45) is 5.08. The standard InChI is InChI=1S/C29H30N2O3S2.Na/c1-20-4-12-24(13-5-20)34-25-14-10-22(11-15-25)27-19-36-29(30-27)31(18-26-3-2-16-35-26)17-21-6-8-23(9-7-21)28(32)33;/h2-3,6-11,14-16,19-20,24H,4-5,12-13,17-18H2,1H3,(H,32,33);/q;+1/p-1/t20-,24-;. The van der Waals surface area contributed by atoms with Crippen molar-refractivity contribution in [2.24, 2.45) is 5.92 Å². The number of carboxylic acid groups (broad SMARTS) is 1. The second-order valence-electron chi connectivity index (χ2n) is 9.46. The molecule has 1 aliphatic rings. The van der Waals surface area contributed by atoms with Crippen molar-refractivity contribution in [3.05, 3.63) is 87.4 Å². The molecule has 1 aliphatic carbocycles. The van der Waals surface area contributed by atoms with Gasteiger partial charge in [0, 0.05) is 22.4 Å². The normalized spacial score (nSPS) is 17.1. The van der Waals surface area contributed by atoms with Gasteiger partial charge in [-0.15, -0.1) is 22.7 Å². The fourth-order valence-electron chi connectivity index (χ4n) is 4.53. The summed E-state index contributed by atoms with van der Waals surface area (Å²) in [6.45, 7) is 3.69. The first-order valence-electron chi connectivity index (χ1n) is 12.3. The van der Waals surface area contributed by atoms with Crippen LogP contribution in [-0.4, -0.2) is 17.1 Å². The Balaban J connectivity index is 0.00000320. The van der Waals surface area contributed by atoms with Gasteiger partial charge in [0.15, 0.2) is 5.13 Å². The maximum absolute atomic E-state index is 11.1. The Hall–Kier alpha value is -2.16. The van der Waals surface area contributed by atoms with Crippen LogP contribution >= 0.6 is 22.7 Å². The Morgan fingerprint density at radius 1 is 1.00 bits per heavy atom. The fraction of sp³-hybridized carbons (Fsp3) is 0.310. The fourth-order valence-corrected chi connectivity index (χ4v) is 6.09. The molecule has 0 atom stereocenters. The molecule has 1 saturated carbocycles. The molecule has 0 spiro atoms. The molecule has 0 unspecified atom stereocenters. The zero-order chi connectivity index (χ0) is 24.9. The number of carbonyl (C=O) groups is 1. The zero-order valence-corrected chi connectivity index (χ0v) is 24.9. The minimum Gasteiger partial charge on any atom is -0.545 e. The molecule has 0 radical (unpaired) electrons. The van der Waals surface area contributed by atoms with E-state index in [1.807, 2.05) is 12.1 Å². The molecular weight excluding hydrogens is 511 g/mol. The van der Waals surface area contributed by atoms with Gasteiger partial charge in [-0.1, -0.05) is 37.3 Å². The molecule has 8 heteroatoms. The molecule has 0 bridgehead atoms. The minimum absolute atomic E-state index is 0. The number of thiophene rings is 1. The number of rotatable bonds is 9. The Morgan fingerprint density at radius 3 is 2.38 bits per heavy atom. The van der Waals surface area contributed by atoms with E-state index in [1.165, 1.54) is 17.7 Å². The Labute approximate surface area is 248 Å². The van der Waals surface area contributed by atoms with E-state index < -0.39 is 5.97 Å². The van der Waals surface area contributed by atoms with E-state index in [1.54, 1.807) is 34.8 Å². The van der Waals surface area contributed by atoms with Crippen LogP contribution in [0, 0.1) is 5.92 Å². The molecule has 2 aromatic heterocycles. The van der Waals surface area contributed by atoms with E-state index in [-0.39, 0.29) is 35.1 Å². The van der Waals surface area contributed by atoms with Crippen LogP contribution in [0.1, 0.15) is 53.4 Å². The molecule has 4 aromatic rings. The number of thiazole rings is 1. The Bertz CT molecular complexity index is 1270. The summed E-state index contributed by atoms with van der Waals surface area (Å²) in [5.41, 5.74) is 3.21. The van der Waals surface area contributed by atoms with Crippen molar-refractivity contribution in [2.45, 2.75) is 51.8 Å². The molecule has 37 heavy (non-hydrogen) atoms. The molecule has 0 N–H and O–H groups in total. The molecule has 2 aromatic carbocycles. The van der Waals surface area contributed by atoms with Gasteiger partial charge in [-0.2, -0.15) is 0 Å². The zero-order valence-electron chi connectivity index (χ0n) is 21.3. The quantitative estimate of drug-likeness (QED) is 0.305. The third-order valence-corrected chi connectivity index (χ3v) is 8.43. The number of hydrogen-bond acceptors (Lipinski definition) is 7. The van der Waals surface area contributed by atoms with Crippen molar-refractivity contribution in [1.29, 1.82) is 0 Å². The predicted molar refractivity (Wildman–Crippen MR) is 145 cm³/mol. The Morgan fingerprint density at radius 2 is 1.73 bits per heavy atom. The second kappa shape index (κ2) is 13.1. The van der Waals surface area contributed by atoms with E-state index in [2.05, 4.69) is 59.0 Å². The number of aromatic nitrogens is 1. The van der Waals surface area contributed by atoms with Gasteiger partial charge in [-0.05, 0) is 78.4 Å². The second-order valence-corrected chi connectivity index (χ2v) is 11.3. The summed E-state index contributed by atoms with van der Waals surface area (Å²) in [4.78, 5) is 19.5. The number of ether oxygens (including phenoxy) is 1. The van der Waals surface area contributed by atoms with Crippen LogP contribution in [0.25, 0.3) is 11.3 Å². The summed E-state index contributed by atoms with van der Waals surface area (Å²) in [5.74, 6) is 0.575. The number of anilines is 1. The van der Waals surface area contributed by atoms with Gasteiger partial charge >= 0.3 is 29.6 Å². The molecule has 0 saturated heterocycles. The summed E-state index contributed by atoms with van der Waals surface area (Å²) < 4.78 is 6.22. The van der Waals surface area contributed by atoms with Crippen LogP contribution < -0.4 is 44.3 Å².